The summed E-state index contributed by atoms with van der Waals surface area (Å²) in [5.41, 5.74) is 1.60. The molecule has 0 aliphatic carbocycles. The molecule has 0 spiro atoms. The Morgan fingerprint density at radius 1 is 1.13 bits per heavy atom. The zero-order valence-electron chi connectivity index (χ0n) is 13.3. The lowest BCUT2D eigenvalue weighted by atomic mass is 10.0. The van der Waals surface area contributed by atoms with Gasteiger partial charge in [0.25, 0.3) is 17.4 Å². The first-order valence-electron chi connectivity index (χ1n) is 7.38. The molecule has 5 nitrogen and oxygen atoms in total. The van der Waals surface area contributed by atoms with E-state index in [2.05, 4.69) is 10.6 Å². The molecule has 118 valence electrons. The number of nitrogens with one attached hydrogen (secondary N) is 2. The molecule has 2 aromatic carbocycles. The Morgan fingerprint density at radius 2 is 1.87 bits per heavy atom. The highest BCUT2D eigenvalue weighted by atomic mass is 16.5. The van der Waals surface area contributed by atoms with Crippen LogP contribution in [0.4, 0.5) is 11.4 Å². The van der Waals surface area contributed by atoms with Crippen LogP contribution in [-0.4, -0.2) is 17.4 Å². The van der Waals surface area contributed by atoms with Gasteiger partial charge in [-0.05, 0) is 56.2 Å². The van der Waals surface area contributed by atoms with E-state index in [4.69, 9.17) is 4.74 Å². The molecule has 0 saturated carbocycles. The SMILES string of the molecule is Cc1cccc(NC(=O)C2(C)Oc3ccc(C)cc3NC2=O)c1. The zero-order chi connectivity index (χ0) is 16.6. The van der Waals surface area contributed by atoms with E-state index in [9.17, 15) is 9.59 Å². The van der Waals surface area contributed by atoms with Gasteiger partial charge in [0, 0.05) is 5.69 Å². The third-order valence-electron chi connectivity index (χ3n) is 3.84. The number of ether oxygens (including phenoxy) is 1. The smallest absolute Gasteiger partial charge is 0.278 e. The summed E-state index contributed by atoms with van der Waals surface area (Å²) in [6.45, 7) is 5.32. The second kappa shape index (κ2) is 5.43. The fourth-order valence-electron chi connectivity index (χ4n) is 2.46. The Hall–Kier alpha value is -2.82. The highest BCUT2D eigenvalue weighted by molar-refractivity contribution is 6.19. The first-order chi connectivity index (χ1) is 10.9. The van der Waals surface area contributed by atoms with Crippen LogP contribution in [0.15, 0.2) is 42.5 Å². The lowest BCUT2D eigenvalue weighted by Gasteiger charge is -2.33. The van der Waals surface area contributed by atoms with Crippen molar-refractivity contribution < 1.29 is 14.3 Å². The predicted molar refractivity (Wildman–Crippen MR) is 88.7 cm³/mol. The van der Waals surface area contributed by atoms with Gasteiger partial charge in [-0.1, -0.05) is 18.2 Å². The minimum atomic E-state index is -1.62. The molecule has 2 aromatic rings. The summed E-state index contributed by atoms with van der Waals surface area (Å²) in [4.78, 5) is 25.0. The number of hydrogen-bond acceptors (Lipinski definition) is 3. The molecule has 0 fully saturated rings. The highest BCUT2D eigenvalue weighted by Crippen LogP contribution is 2.34. The van der Waals surface area contributed by atoms with Gasteiger partial charge in [-0.2, -0.15) is 0 Å². The van der Waals surface area contributed by atoms with Crippen molar-refractivity contribution in [3.63, 3.8) is 0 Å². The largest absolute Gasteiger partial charge is 0.466 e. The van der Waals surface area contributed by atoms with Crippen molar-refractivity contribution in [2.45, 2.75) is 26.4 Å². The van der Waals surface area contributed by atoms with Crippen molar-refractivity contribution in [2.24, 2.45) is 0 Å². The quantitative estimate of drug-likeness (QED) is 0.838. The van der Waals surface area contributed by atoms with Gasteiger partial charge in [-0.3, -0.25) is 9.59 Å². The van der Waals surface area contributed by atoms with Crippen molar-refractivity contribution >= 4 is 23.2 Å². The minimum Gasteiger partial charge on any atom is -0.466 e. The number of carbonyl (C=O) groups excluding carboxylic acids is 2. The number of hydrogen-bond donors (Lipinski definition) is 2. The van der Waals surface area contributed by atoms with Gasteiger partial charge in [0.05, 0.1) is 5.69 Å². The van der Waals surface area contributed by atoms with Gasteiger partial charge >= 0.3 is 0 Å². The zero-order valence-corrected chi connectivity index (χ0v) is 13.3. The van der Waals surface area contributed by atoms with E-state index in [0.717, 1.165) is 11.1 Å². The standard InChI is InChI=1S/C18H18N2O3/c1-11-5-4-6-13(9-11)19-16(21)18(3)17(22)20-14-10-12(2)7-8-15(14)23-18/h4-10H,1-3H3,(H,19,21)(H,20,22). The van der Waals surface area contributed by atoms with Gasteiger partial charge in [-0.25, -0.2) is 0 Å². The van der Waals surface area contributed by atoms with E-state index < -0.39 is 17.4 Å². The topological polar surface area (TPSA) is 67.4 Å². The van der Waals surface area contributed by atoms with E-state index in [0.29, 0.717) is 17.1 Å². The third-order valence-corrected chi connectivity index (χ3v) is 3.84. The molecule has 1 atom stereocenters. The van der Waals surface area contributed by atoms with Crippen molar-refractivity contribution in [2.75, 3.05) is 10.6 Å². The number of benzene rings is 2. The molecule has 1 aliphatic rings. The summed E-state index contributed by atoms with van der Waals surface area (Å²) in [5, 5.41) is 5.49. The second-order valence-electron chi connectivity index (χ2n) is 5.91. The van der Waals surface area contributed by atoms with Crippen LogP contribution in [0.1, 0.15) is 18.1 Å². The molecule has 1 heterocycles. The van der Waals surface area contributed by atoms with E-state index in [1.54, 1.807) is 12.1 Å². The summed E-state index contributed by atoms with van der Waals surface area (Å²) in [5.74, 6) is -0.510. The van der Waals surface area contributed by atoms with E-state index in [-0.39, 0.29) is 0 Å². The molecule has 0 bridgehead atoms. The Bertz CT molecular complexity index is 801. The van der Waals surface area contributed by atoms with Crippen molar-refractivity contribution in [3.8, 4) is 5.75 Å². The molecule has 23 heavy (non-hydrogen) atoms. The summed E-state index contributed by atoms with van der Waals surface area (Å²) >= 11 is 0. The highest BCUT2D eigenvalue weighted by Gasteiger charge is 2.47. The molecule has 5 heteroatoms. The maximum atomic E-state index is 12.6. The van der Waals surface area contributed by atoms with Crippen molar-refractivity contribution in [3.05, 3.63) is 53.6 Å². The Labute approximate surface area is 134 Å². The molecule has 1 aliphatic heterocycles. The number of amides is 2. The number of rotatable bonds is 2. The van der Waals surface area contributed by atoms with Crippen molar-refractivity contribution in [1.29, 1.82) is 0 Å². The van der Waals surface area contributed by atoms with E-state index in [1.165, 1.54) is 6.92 Å². The Kier molecular flexibility index (Phi) is 3.56. The van der Waals surface area contributed by atoms with Crippen LogP contribution in [0.3, 0.4) is 0 Å². The van der Waals surface area contributed by atoms with Crippen LogP contribution in [0.25, 0.3) is 0 Å². The molecule has 3 rings (SSSR count). The predicted octanol–water partition coefficient (Wildman–Crippen LogP) is 3.03. The van der Waals surface area contributed by atoms with Crippen LogP contribution >= 0.6 is 0 Å². The third kappa shape index (κ3) is 2.77. The average Bonchev–Trinajstić information content (AvgIpc) is 2.49. The first kappa shape index (κ1) is 15.1. The Balaban J connectivity index is 1.87. The normalized spacial score (nSPS) is 19.3. The lowest BCUT2D eigenvalue weighted by Crippen LogP contribution is -2.56. The van der Waals surface area contributed by atoms with Crippen LogP contribution in [0.2, 0.25) is 0 Å². The number of carbonyl (C=O) groups is 2. The van der Waals surface area contributed by atoms with Crippen molar-refractivity contribution in [1.82, 2.24) is 0 Å². The van der Waals surface area contributed by atoms with Gasteiger partial charge in [0.15, 0.2) is 0 Å². The lowest BCUT2D eigenvalue weighted by molar-refractivity contribution is -0.143. The van der Waals surface area contributed by atoms with Crippen LogP contribution < -0.4 is 15.4 Å². The number of fused-ring (bicyclic) bond motifs is 1. The van der Waals surface area contributed by atoms with Gasteiger partial charge < -0.3 is 15.4 Å². The number of aryl methyl sites for hydroxylation is 2. The number of anilines is 2. The van der Waals surface area contributed by atoms with E-state index >= 15 is 0 Å². The van der Waals surface area contributed by atoms with Crippen LogP contribution in [0.5, 0.6) is 5.75 Å². The molecule has 2 amide bonds. The van der Waals surface area contributed by atoms with E-state index in [1.807, 2.05) is 44.2 Å². The molecule has 2 N–H and O–H groups in total. The van der Waals surface area contributed by atoms with Gasteiger partial charge in [0.2, 0.25) is 0 Å². The Morgan fingerprint density at radius 3 is 2.61 bits per heavy atom. The summed E-state index contributed by atoms with van der Waals surface area (Å²) in [6, 6.07) is 12.8. The maximum Gasteiger partial charge on any atom is 0.278 e. The van der Waals surface area contributed by atoms with Crippen LogP contribution in [0, 0.1) is 13.8 Å². The molecular weight excluding hydrogens is 292 g/mol. The van der Waals surface area contributed by atoms with Gasteiger partial charge in [0.1, 0.15) is 5.75 Å². The molecule has 0 saturated heterocycles. The summed E-state index contributed by atoms with van der Waals surface area (Å²) < 4.78 is 5.73. The second-order valence-corrected chi connectivity index (χ2v) is 5.91. The molecule has 0 aromatic heterocycles. The average molecular weight is 310 g/mol. The summed E-state index contributed by atoms with van der Waals surface area (Å²) in [6.07, 6.45) is 0. The summed E-state index contributed by atoms with van der Waals surface area (Å²) in [7, 11) is 0. The molecule has 1 unspecified atom stereocenters. The monoisotopic (exact) mass is 310 g/mol. The molecular formula is C18H18N2O3. The minimum absolute atomic E-state index is 0.483. The molecule has 0 radical (unpaired) electrons. The van der Waals surface area contributed by atoms with Gasteiger partial charge in [-0.15, -0.1) is 0 Å². The van der Waals surface area contributed by atoms with Crippen LogP contribution in [-0.2, 0) is 9.59 Å². The first-order valence-corrected chi connectivity index (χ1v) is 7.38. The maximum absolute atomic E-state index is 12.6. The fraction of sp³-hybridized carbons (Fsp3) is 0.222. The fourth-order valence-corrected chi connectivity index (χ4v) is 2.46.